The molecular weight excluding hydrogens is 228 g/mol. The van der Waals surface area contributed by atoms with Gasteiger partial charge in [0.05, 0.1) is 7.11 Å². The fourth-order valence-corrected chi connectivity index (χ4v) is 2.76. The van der Waals surface area contributed by atoms with Crippen molar-refractivity contribution in [3.8, 4) is 0 Å². The number of hydrogen-bond donors (Lipinski definition) is 1. The molecule has 4 heteroatoms. The van der Waals surface area contributed by atoms with Crippen molar-refractivity contribution in [3.63, 3.8) is 0 Å². The monoisotopic (exact) mass is 256 g/mol. The van der Waals surface area contributed by atoms with Gasteiger partial charge in [0, 0.05) is 6.54 Å². The number of methoxy groups -OCH3 is 1. The Morgan fingerprint density at radius 2 is 2.28 bits per heavy atom. The summed E-state index contributed by atoms with van der Waals surface area (Å²) >= 11 is 0. The van der Waals surface area contributed by atoms with Gasteiger partial charge in [-0.1, -0.05) is 13.3 Å². The SMILES string of the molecule is CCCC1CCN(CCCC(C)(N)C(=O)OC)C1. The summed E-state index contributed by atoms with van der Waals surface area (Å²) in [4.78, 5) is 13.9. The second-order valence-electron chi connectivity index (χ2n) is 5.76. The zero-order valence-corrected chi connectivity index (χ0v) is 12.1. The molecule has 1 rings (SSSR count). The van der Waals surface area contributed by atoms with Crippen LogP contribution in [-0.4, -0.2) is 43.2 Å². The van der Waals surface area contributed by atoms with E-state index in [1.165, 1.54) is 39.5 Å². The third-order valence-electron chi connectivity index (χ3n) is 3.89. The molecular formula is C14H28N2O2. The minimum Gasteiger partial charge on any atom is -0.468 e. The lowest BCUT2D eigenvalue weighted by Gasteiger charge is -2.23. The topological polar surface area (TPSA) is 55.6 Å². The molecule has 1 aliphatic heterocycles. The Balaban J connectivity index is 2.21. The third kappa shape index (κ3) is 4.58. The van der Waals surface area contributed by atoms with Crippen molar-refractivity contribution in [3.05, 3.63) is 0 Å². The lowest BCUT2D eigenvalue weighted by Crippen LogP contribution is -2.46. The number of carbonyl (C=O) groups is 1. The molecule has 0 aliphatic carbocycles. The standard InChI is InChI=1S/C14H28N2O2/c1-4-6-12-7-10-16(11-12)9-5-8-14(2,15)13(17)18-3/h12H,4-11,15H2,1-3H3. The first-order valence-corrected chi connectivity index (χ1v) is 7.09. The van der Waals surface area contributed by atoms with Crippen molar-refractivity contribution in [2.24, 2.45) is 11.7 Å². The van der Waals surface area contributed by atoms with E-state index in [9.17, 15) is 4.79 Å². The highest BCUT2D eigenvalue weighted by molar-refractivity contribution is 5.79. The minimum absolute atomic E-state index is 0.312. The Kier molecular flexibility index (Phi) is 6.09. The molecule has 2 N–H and O–H groups in total. The number of nitrogens with zero attached hydrogens (tertiary/aromatic N) is 1. The van der Waals surface area contributed by atoms with Gasteiger partial charge in [-0.15, -0.1) is 0 Å². The first-order chi connectivity index (χ1) is 8.49. The van der Waals surface area contributed by atoms with Crippen LogP contribution in [0.2, 0.25) is 0 Å². The van der Waals surface area contributed by atoms with E-state index in [0.29, 0.717) is 6.42 Å². The molecule has 0 aromatic heterocycles. The van der Waals surface area contributed by atoms with E-state index >= 15 is 0 Å². The Labute approximate surface area is 111 Å². The summed E-state index contributed by atoms with van der Waals surface area (Å²) in [6.45, 7) is 7.46. The molecule has 0 amide bonds. The van der Waals surface area contributed by atoms with Gasteiger partial charge >= 0.3 is 5.97 Å². The van der Waals surface area contributed by atoms with Gasteiger partial charge in [0.1, 0.15) is 5.54 Å². The fourth-order valence-electron chi connectivity index (χ4n) is 2.76. The Hall–Kier alpha value is -0.610. The highest BCUT2D eigenvalue weighted by atomic mass is 16.5. The number of nitrogens with two attached hydrogens (primary N) is 1. The zero-order valence-electron chi connectivity index (χ0n) is 12.1. The number of esters is 1. The molecule has 106 valence electrons. The number of likely N-dealkylation sites (tertiary alicyclic amines) is 1. The summed E-state index contributed by atoms with van der Waals surface area (Å²) in [6, 6.07) is 0. The molecule has 0 bridgehead atoms. The molecule has 4 nitrogen and oxygen atoms in total. The normalized spacial score (nSPS) is 23.9. The summed E-state index contributed by atoms with van der Waals surface area (Å²) in [5.41, 5.74) is 5.10. The maximum absolute atomic E-state index is 11.4. The summed E-state index contributed by atoms with van der Waals surface area (Å²) in [5, 5.41) is 0. The van der Waals surface area contributed by atoms with E-state index in [0.717, 1.165) is 18.9 Å². The van der Waals surface area contributed by atoms with E-state index < -0.39 is 5.54 Å². The summed E-state index contributed by atoms with van der Waals surface area (Å²) in [7, 11) is 1.39. The molecule has 2 unspecified atom stereocenters. The van der Waals surface area contributed by atoms with Crippen LogP contribution in [0.25, 0.3) is 0 Å². The van der Waals surface area contributed by atoms with Crippen LogP contribution in [0.1, 0.15) is 46.0 Å². The first kappa shape index (κ1) is 15.4. The minimum atomic E-state index is -0.836. The van der Waals surface area contributed by atoms with E-state index in [1.807, 2.05) is 0 Å². The van der Waals surface area contributed by atoms with Gasteiger partial charge in [0.25, 0.3) is 0 Å². The Morgan fingerprint density at radius 3 is 2.89 bits per heavy atom. The fraction of sp³-hybridized carbons (Fsp3) is 0.929. The maximum atomic E-state index is 11.4. The molecule has 1 saturated heterocycles. The number of rotatable bonds is 7. The average molecular weight is 256 g/mol. The molecule has 0 spiro atoms. The molecule has 2 atom stereocenters. The lowest BCUT2D eigenvalue weighted by molar-refractivity contribution is -0.146. The van der Waals surface area contributed by atoms with Crippen molar-refractivity contribution < 1.29 is 9.53 Å². The van der Waals surface area contributed by atoms with Crippen molar-refractivity contribution in [2.75, 3.05) is 26.7 Å². The van der Waals surface area contributed by atoms with Crippen LogP contribution in [0.4, 0.5) is 0 Å². The van der Waals surface area contributed by atoms with Crippen molar-refractivity contribution in [1.29, 1.82) is 0 Å². The van der Waals surface area contributed by atoms with Gasteiger partial charge in [-0.3, -0.25) is 4.79 Å². The second-order valence-corrected chi connectivity index (χ2v) is 5.76. The van der Waals surface area contributed by atoms with Crippen molar-refractivity contribution in [2.45, 2.75) is 51.5 Å². The van der Waals surface area contributed by atoms with E-state index in [-0.39, 0.29) is 5.97 Å². The van der Waals surface area contributed by atoms with E-state index in [1.54, 1.807) is 6.92 Å². The van der Waals surface area contributed by atoms with Gasteiger partial charge in [0.2, 0.25) is 0 Å². The van der Waals surface area contributed by atoms with E-state index in [2.05, 4.69) is 11.8 Å². The number of ether oxygens (including phenoxy) is 1. The molecule has 0 radical (unpaired) electrons. The summed E-state index contributed by atoms with van der Waals surface area (Å²) in [5.74, 6) is 0.563. The average Bonchev–Trinajstić information content (AvgIpc) is 2.76. The third-order valence-corrected chi connectivity index (χ3v) is 3.89. The van der Waals surface area contributed by atoms with Crippen LogP contribution in [0.15, 0.2) is 0 Å². The summed E-state index contributed by atoms with van der Waals surface area (Å²) < 4.78 is 4.71. The number of carbonyl (C=O) groups excluding carboxylic acids is 1. The Bertz CT molecular complexity index is 267. The highest BCUT2D eigenvalue weighted by Crippen LogP contribution is 2.21. The zero-order chi connectivity index (χ0) is 13.6. The van der Waals surface area contributed by atoms with E-state index in [4.69, 9.17) is 10.5 Å². The molecule has 0 saturated carbocycles. The second kappa shape index (κ2) is 7.10. The van der Waals surface area contributed by atoms with Crippen LogP contribution in [0.5, 0.6) is 0 Å². The Morgan fingerprint density at radius 1 is 1.56 bits per heavy atom. The largest absolute Gasteiger partial charge is 0.468 e. The van der Waals surface area contributed by atoms with Gasteiger partial charge in [-0.25, -0.2) is 0 Å². The lowest BCUT2D eigenvalue weighted by atomic mass is 9.97. The molecule has 18 heavy (non-hydrogen) atoms. The predicted octanol–water partition coefficient (Wildman–Crippen LogP) is 1.78. The van der Waals surface area contributed by atoms with Gasteiger partial charge < -0.3 is 15.4 Å². The van der Waals surface area contributed by atoms with Crippen LogP contribution in [-0.2, 0) is 9.53 Å². The number of hydrogen-bond acceptors (Lipinski definition) is 4. The van der Waals surface area contributed by atoms with Gasteiger partial charge in [0.15, 0.2) is 0 Å². The van der Waals surface area contributed by atoms with Gasteiger partial charge in [-0.2, -0.15) is 0 Å². The van der Waals surface area contributed by atoms with Crippen LogP contribution in [0, 0.1) is 5.92 Å². The smallest absolute Gasteiger partial charge is 0.325 e. The van der Waals surface area contributed by atoms with Crippen LogP contribution >= 0.6 is 0 Å². The van der Waals surface area contributed by atoms with Crippen molar-refractivity contribution >= 4 is 5.97 Å². The molecule has 1 aliphatic rings. The maximum Gasteiger partial charge on any atom is 0.325 e. The van der Waals surface area contributed by atoms with Crippen LogP contribution < -0.4 is 5.73 Å². The highest BCUT2D eigenvalue weighted by Gasteiger charge is 2.29. The first-order valence-electron chi connectivity index (χ1n) is 7.09. The molecule has 0 aromatic carbocycles. The van der Waals surface area contributed by atoms with Crippen molar-refractivity contribution in [1.82, 2.24) is 4.90 Å². The quantitative estimate of drug-likeness (QED) is 0.705. The van der Waals surface area contributed by atoms with Gasteiger partial charge in [-0.05, 0) is 51.6 Å². The molecule has 1 heterocycles. The summed E-state index contributed by atoms with van der Waals surface area (Å²) in [6.07, 6.45) is 5.59. The molecule has 0 aromatic rings. The molecule has 1 fully saturated rings. The van der Waals surface area contributed by atoms with Crippen LogP contribution in [0.3, 0.4) is 0 Å². The predicted molar refractivity (Wildman–Crippen MR) is 73.3 cm³/mol.